The lowest BCUT2D eigenvalue weighted by atomic mass is 10.0. The average molecular weight is 891 g/mol. The number of nitrogens with one attached hydrogen (secondary N) is 3. The summed E-state index contributed by atoms with van der Waals surface area (Å²) in [4.78, 5) is 78.4. The molecule has 3 N–H and O–H groups in total. The van der Waals surface area contributed by atoms with Crippen molar-refractivity contribution in [2.45, 2.75) is 43.0 Å². The van der Waals surface area contributed by atoms with Crippen LogP contribution >= 0.6 is 31.0 Å². The fraction of sp³-hybridized carbons (Fsp3) is 0.341. The maximum Gasteiger partial charge on any atom is 0.362 e. The second kappa shape index (κ2) is 19.0. The second-order valence-corrected chi connectivity index (χ2v) is 18.0. The molecule has 3 aromatic carbocycles. The van der Waals surface area contributed by atoms with E-state index in [9.17, 15) is 28.5 Å². The van der Waals surface area contributed by atoms with Crippen LogP contribution in [0.5, 0.6) is 5.75 Å². The number of halogens is 1. The standard InChI is InChI=1S/C41H44ClN8O9PS/c1-57-31-23-25(14-15-28(31)45-41-43-24-27(42)37(47-41)44-29-10-4-5-11-32(29)60(56,58-2)59-3)48-18-20-49(21-19-48)35(52)13-6-7-22-61-33-12-8-9-26-36(33)40(55)50(39(26)54)30-16-17-34(51)46-38(30)53/h4-5,8-12,14-15,23-24,30H,6-7,13,16-22H2,1-3H3,(H,46,51,53)(H2,43,44,45,47). The lowest BCUT2D eigenvalue weighted by Crippen LogP contribution is -2.54. The molecule has 4 heterocycles. The van der Waals surface area contributed by atoms with Crippen molar-refractivity contribution in [3.05, 3.63) is 83.0 Å². The van der Waals surface area contributed by atoms with Crippen molar-refractivity contribution in [3.8, 4) is 5.75 Å². The molecular weight excluding hydrogens is 847 g/mol. The predicted octanol–water partition coefficient (Wildman–Crippen LogP) is 5.75. The van der Waals surface area contributed by atoms with Crippen molar-refractivity contribution in [1.82, 2.24) is 25.1 Å². The van der Waals surface area contributed by atoms with Gasteiger partial charge in [-0.1, -0.05) is 29.8 Å². The minimum atomic E-state index is -3.59. The van der Waals surface area contributed by atoms with Gasteiger partial charge in [-0.05, 0) is 61.4 Å². The number of piperidine rings is 1. The summed E-state index contributed by atoms with van der Waals surface area (Å²) in [6.07, 6.45) is 3.37. The Morgan fingerprint density at radius 3 is 2.44 bits per heavy atom. The summed E-state index contributed by atoms with van der Waals surface area (Å²) in [5.41, 5.74) is 2.51. The van der Waals surface area contributed by atoms with Gasteiger partial charge in [-0.15, -0.1) is 11.8 Å². The van der Waals surface area contributed by atoms with Crippen molar-refractivity contribution in [3.63, 3.8) is 0 Å². The number of hydrogen-bond acceptors (Lipinski definition) is 15. The molecule has 3 aliphatic rings. The van der Waals surface area contributed by atoms with Gasteiger partial charge in [-0.2, -0.15) is 4.98 Å². The molecule has 0 radical (unpaired) electrons. The molecular formula is C41H44ClN8O9PS. The van der Waals surface area contributed by atoms with Crippen LogP contribution in [0.25, 0.3) is 0 Å². The maximum atomic E-state index is 13.4. The summed E-state index contributed by atoms with van der Waals surface area (Å²) in [6.45, 7) is 2.39. The summed E-state index contributed by atoms with van der Waals surface area (Å²) in [7, 11) is 0.605. The SMILES string of the molecule is COc1cc(N2CCN(C(=O)CCCCSc3cccc4c3C(=O)N(C3CCC(=O)NC3=O)C4=O)CC2)ccc1Nc1ncc(Cl)c(Nc2ccccc2P(=O)(OC)OC)n1. The van der Waals surface area contributed by atoms with Gasteiger partial charge in [0.1, 0.15) is 16.8 Å². The van der Waals surface area contributed by atoms with E-state index >= 15 is 0 Å². The first-order valence-electron chi connectivity index (χ1n) is 19.5. The zero-order chi connectivity index (χ0) is 43.3. The van der Waals surface area contributed by atoms with Crippen LogP contribution in [0.3, 0.4) is 0 Å². The number of rotatable bonds is 16. The van der Waals surface area contributed by atoms with Gasteiger partial charge in [0.05, 0.1) is 41.1 Å². The van der Waals surface area contributed by atoms with Gasteiger partial charge in [-0.3, -0.25) is 38.8 Å². The number of aromatic nitrogens is 2. The van der Waals surface area contributed by atoms with Gasteiger partial charge in [0.25, 0.3) is 11.8 Å². The molecule has 0 aliphatic carbocycles. The number of ether oxygens (including phenoxy) is 1. The van der Waals surface area contributed by atoms with Crippen LogP contribution in [0, 0.1) is 0 Å². The summed E-state index contributed by atoms with van der Waals surface area (Å²) in [5.74, 6) is -0.364. The highest BCUT2D eigenvalue weighted by Gasteiger charge is 2.45. The van der Waals surface area contributed by atoms with E-state index in [4.69, 9.17) is 25.4 Å². The number of fused-ring (bicyclic) bond motifs is 1. The minimum absolute atomic E-state index is 0.0586. The first kappa shape index (κ1) is 43.6. The molecule has 1 aromatic heterocycles. The highest BCUT2D eigenvalue weighted by molar-refractivity contribution is 7.99. The molecule has 320 valence electrons. The van der Waals surface area contributed by atoms with E-state index in [0.717, 1.165) is 17.0 Å². The van der Waals surface area contributed by atoms with Crippen LogP contribution < -0.4 is 30.9 Å². The van der Waals surface area contributed by atoms with E-state index in [2.05, 4.69) is 30.8 Å². The number of imide groups is 2. The number of benzene rings is 3. The topological polar surface area (TPSA) is 202 Å². The van der Waals surface area contributed by atoms with Gasteiger partial charge in [-0.25, -0.2) is 4.98 Å². The molecule has 2 fully saturated rings. The fourth-order valence-corrected chi connectivity index (χ4v) is 9.83. The van der Waals surface area contributed by atoms with Crippen molar-refractivity contribution in [2.24, 2.45) is 0 Å². The first-order valence-corrected chi connectivity index (χ1v) is 22.4. The molecule has 4 aromatic rings. The van der Waals surface area contributed by atoms with Crippen LogP contribution in [-0.2, 0) is 28.0 Å². The molecule has 61 heavy (non-hydrogen) atoms. The zero-order valence-electron chi connectivity index (χ0n) is 33.6. The molecule has 3 aliphatic heterocycles. The van der Waals surface area contributed by atoms with Crippen molar-refractivity contribution in [1.29, 1.82) is 0 Å². The molecule has 0 saturated carbocycles. The third-order valence-corrected chi connectivity index (χ3v) is 13.9. The van der Waals surface area contributed by atoms with Crippen molar-refractivity contribution >= 4 is 94.6 Å². The second-order valence-electron chi connectivity index (χ2n) is 14.2. The van der Waals surface area contributed by atoms with Crippen molar-refractivity contribution < 1.29 is 42.3 Å². The maximum absolute atomic E-state index is 13.4. The van der Waals surface area contributed by atoms with Crippen LogP contribution in [0.2, 0.25) is 5.02 Å². The number of thioether (sulfide) groups is 1. The Bertz CT molecular complexity index is 2410. The number of methoxy groups -OCH3 is 1. The normalized spacial score (nSPS) is 16.7. The Hall–Kier alpha value is -5.52. The number of nitrogens with zero attached hydrogens (tertiary/aromatic N) is 5. The van der Waals surface area contributed by atoms with Gasteiger partial charge in [0.15, 0.2) is 5.82 Å². The van der Waals surface area contributed by atoms with Gasteiger partial charge < -0.3 is 34.2 Å². The molecule has 17 nitrogen and oxygen atoms in total. The number of carbonyl (C=O) groups is 5. The fourth-order valence-electron chi connectivity index (χ4n) is 7.37. The number of para-hydroxylation sites is 1. The highest BCUT2D eigenvalue weighted by atomic mass is 35.5. The van der Waals surface area contributed by atoms with E-state index in [-0.39, 0.29) is 46.7 Å². The number of piperazine rings is 1. The summed E-state index contributed by atoms with van der Waals surface area (Å²) in [5, 5.41) is 9.07. The Kier molecular flexibility index (Phi) is 13.6. The summed E-state index contributed by atoms with van der Waals surface area (Å²) < 4.78 is 29.3. The van der Waals surface area contributed by atoms with E-state index in [1.807, 2.05) is 23.1 Å². The summed E-state index contributed by atoms with van der Waals surface area (Å²) in [6, 6.07) is 16.6. The third kappa shape index (κ3) is 9.38. The van der Waals surface area contributed by atoms with Gasteiger partial charge in [0, 0.05) is 69.9 Å². The Morgan fingerprint density at radius 1 is 0.934 bits per heavy atom. The zero-order valence-corrected chi connectivity index (χ0v) is 36.1. The number of hydrogen-bond donors (Lipinski definition) is 3. The molecule has 1 atom stereocenters. The molecule has 7 rings (SSSR count). The Labute approximate surface area is 361 Å². The van der Waals surface area contributed by atoms with Crippen molar-refractivity contribution in [2.75, 3.05) is 68.8 Å². The Balaban J connectivity index is 0.888. The predicted molar refractivity (Wildman–Crippen MR) is 231 cm³/mol. The molecule has 0 bridgehead atoms. The molecule has 2 saturated heterocycles. The van der Waals surface area contributed by atoms with Crippen LogP contribution in [-0.4, -0.2) is 109 Å². The summed E-state index contributed by atoms with van der Waals surface area (Å²) >= 11 is 7.90. The third-order valence-electron chi connectivity index (χ3n) is 10.6. The van der Waals surface area contributed by atoms with Gasteiger partial charge >= 0.3 is 7.60 Å². The molecule has 5 amide bonds. The van der Waals surface area contributed by atoms with Crippen LogP contribution in [0.1, 0.15) is 52.8 Å². The average Bonchev–Trinajstić information content (AvgIpc) is 3.53. The van der Waals surface area contributed by atoms with E-state index in [0.29, 0.717) is 72.1 Å². The lowest BCUT2D eigenvalue weighted by molar-refractivity contribution is -0.136. The highest BCUT2D eigenvalue weighted by Crippen LogP contribution is 2.47. The Morgan fingerprint density at radius 2 is 1.70 bits per heavy atom. The number of anilines is 5. The minimum Gasteiger partial charge on any atom is -0.494 e. The lowest BCUT2D eigenvalue weighted by Gasteiger charge is -2.36. The quantitative estimate of drug-likeness (QED) is 0.0531. The van der Waals surface area contributed by atoms with Crippen LogP contribution in [0.15, 0.2) is 71.8 Å². The smallest absolute Gasteiger partial charge is 0.362 e. The van der Waals surface area contributed by atoms with Crippen LogP contribution in [0.4, 0.5) is 28.8 Å². The van der Waals surface area contributed by atoms with Gasteiger partial charge in [0.2, 0.25) is 23.7 Å². The largest absolute Gasteiger partial charge is 0.494 e. The number of amides is 5. The molecule has 1 unspecified atom stereocenters. The number of carbonyl (C=O) groups excluding carboxylic acids is 5. The van der Waals surface area contributed by atoms with E-state index < -0.39 is 37.3 Å². The van der Waals surface area contributed by atoms with E-state index in [1.54, 1.807) is 49.6 Å². The number of unbranched alkanes of at least 4 members (excludes halogenated alkanes) is 1. The molecule has 0 spiro atoms. The first-order chi connectivity index (χ1) is 29.4. The monoisotopic (exact) mass is 890 g/mol. The van der Waals surface area contributed by atoms with E-state index in [1.165, 1.54) is 32.2 Å². The molecule has 20 heteroatoms.